The maximum Gasteiger partial charge on any atom is 0.451 e. The molecular formula is C23H21F3N8O3. The predicted octanol–water partition coefficient (Wildman–Crippen LogP) is 2.32. The zero-order valence-electron chi connectivity index (χ0n) is 19.3. The minimum Gasteiger partial charge on any atom is -0.436 e. The lowest BCUT2D eigenvalue weighted by atomic mass is 10.0. The molecule has 192 valence electrons. The molecular weight excluding hydrogens is 493 g/mol. The number of rotatable bonds is 5. The number of carbonyl (C=O) groups excluding carboxylic acids is 1. The van der Waals surface area contributed by atoms with E-state index >= 15 is 0 Å². The number of carbonyl (C=O) groups is 1. The standard InChI is InChI=1S/C23H21F3N8O3/c24-23(25,26)21-28-10-13(11-29-21)37-16-4-3-12(8-27-16)9-30-22-31-14-2-1-6-34-17(14)19(32-22)33-7-5-15(35)18(33)20(34)36/h3-4,8,10-11,15,18,35H,1-2,5-7,9H2,(H,30,31,32)/t15-,18-/m0/s1. The number of aliphatic hydroxyl groups is 1. The van der Waals surface area contributed by atoms with E-state index in [0.29, 0.717) is 37.8 Å². The van der Waals surface area contributed by atoms with Crippen molar-refractivity contribution in [3.63, 3.8) is 0 Å². The SMILES string of the molecule is O=C1[C@@H]2[C@@H](O)CCN2c2nc(NCc3ccc(Oc4cnc(C(F)(F)F)nc4)nc3)nc3c2N1CCC3. The fraction of sp³-hybridized carbons (Fsp3) is 0.391. The largest absolute Gasteiger partial charge is 0.451 e. The van der Waals surface area contributed by atoms with Crippen molar-refractivity contribution >= 4 is 23.4 Å². The molecule has 3 aromatic heterocycles. The second-order valence-electron chi connectivity index (χ2n) is 8.95. The Balaban J connectivity index is 1.16. The first-order valence-electron chi connectivity index (χ1n) is 11.7. The highest BCUT2D eigenvalue weighted by Crippen LogP contribution is 2.43. The molecule has 0 radical (unpaired) electrons. The third-order valence-corrected chi connectivity index (χ3v) is 6.51. The van der Waals surface area contributed by atoms with E-state index in [1.807, 2.05) is 4.90 Å². The zero-order chi connectivity index (χ0) is 25.7. The number of fused-ring (bicyclic) bond motifs is 2. The van der Waals surface area contributed by atoms with Crippen molar-refractivity contribution in [2.24, 2.45) is 0 Å². The van der Waals surface area contributed by atoms with Crippen LogP contribution in [-0.2, 0) is 23.9 Å². The molecule has 2 atom stereocenters. The van der Waals surface area contributed by atoms with Crippen LogP contribution in [0.1, 0.15) is 29.9 Å². The Morgan fingerprint density at radius 1 is 1.11 bits per heavy atom. The molecule has 6 heterocycles. The van der Waals surface area contributed by atoms with Crippen LogP contribution in [0.4, 0.5) is 30.6 Å². The summed E-state index contributed by atoms with van der Waals surface area (Å²) in [5, 5.41) is 13.6. The number of aliphatic hydroxyl groups excluding tert-OH is 1. The van der Waals surface area contributed by atoms with Crippen LogP contribution in [-0.4, -0.2) is 61.2 Å². The van der Waals surface area contributed by atoms with Crippen molar-refractivity contribution in [3.8, 4) is 11.6 Å². The number of hydrogen-bond donors (Lipinski definition) is 2. The Labute approximate surface area is 208 Å². The van der Waals surface area contributed by atoms with E-state index in [-0.39, 0.29) is 17.5 Å². The molecule has 2 N–H and O–H groups in total. The highest BCUT2D eigenvalue weighted by Gasteiger charge is 2.48. The predicted molar refractivity (Wildman–Crippen MR) is 123 cm³/mol. The minimum absolute atomic E-state index is 0.0284. The van der Waals surface area contributed by atoms with Crippen LogP contribution in [0.2, 0.25) is 0 Å². The van der Waals surface area contributed by atoms with Crippen LogP contribution < -0.4 is 19.9 Å². The van der Waals surface area contributed by atoms with Gasteiger partial charge in [0.1, 0.15) is 11.7 Å². The van der Waals surface area contributed by atoms with Crippen LogP contribution in [0.5, 0.6) is 11.6 Å². The second-order valence-corrected chi connectivity index (χ2v) is 8.95. The van der Waals surface area contributed by atoms with E-state index in [2.05, 4.69) is 25.3 Å². The summed E-state index contributed by atoms with van der Waals surface area (Å²) >= 11 is 0. The quantitative estimate of drug-likeness (QED) is 0.523. The van der Waals surface area contributed by atoms with Crippen LogP contribution in [0.15, 0.2) is 30.7 Å². The summed E-state index contributed by atoms with van der Waals surface area (Å²) in [7, 11) is 0. The van der Waals surface area contributed by atoms with Crippen molar-refractivity contribution < 1.29 is 27.8 Å². The van der Waals surface area contributed by atoms with Crippen molar-refractivity contribution in [1.82, 2.24) is 24.9 Å². The number of hydrogen-bond acceptors (Lipinski definition) is 10. The van der Waals surface area contributed by atoms with E-state index in [9.17, 15) is 23.1 Å². The van der Waals surface area contributed by atoms with Gasteiger partial charge in [-0.25, -0.2) is 19.9 Å². The fourth-order valence-corrected chi connectivity index (χ4v) is 4.82. The highest BCUT2D eigenvalue weighted by molar-refractivity contribution is 6.06. The van der Waals surface area contributed by atoms with E-state index in [4.69, 9.17) is 9.72 Å². The van der Waals surface area contributed by atoms with E-state index in [1.165, 1.54) is 0 Å². The van der Waals surface area contributed by atoms with Gasteiger partial charge in [0.05, 0.1) is 24.2 Å². The number of aromatic nitrogens is 5. The molecule has 0 spiro atoms. The van der Waals surface area contributed by atoms with Gasteiger partial charge in [0.25, 0.3) is 5.91 Å². The number of ether oxygens (including phenoxy) is 1. The Morgan fingerprint density at radius 2 is 1.92 bits per heavy atom. The van der Waals surface area contributed by atoms with Gasteiger partial charge >= 0.3 is 6.18 Å². The molecule has 3 aliphatic rings. The highest BCUT2D eigenvalue weighted by atomic mass is 19.4. The number of alkyl halides is 3. The zero-order valence-corrected chi connectivity index (χ0v) is 19.3. The molecule has 14 heteroatoms. The molecule has 37 heavy (non-hydrogen) atoms. The number of nitrogens with zero attached hydrogens (tertiary/aromatic N) is 7. The third kappa shape index (κ3) is 4.26. The van der Waals surface area contributed by atoms with Crippen molar-refractivity contribution in [1.29, 1.82) is 0 Å². The van der Waals surface area contributed by atoms with Gasteiger partial charge in [-0.2, -0.15) is 18.2 Å². The Kier molecular flexibility index (Phi) is 5.55. The van der Waals surface area contributed by atoms with E-state index < -0.39 is 24.1 Å². The van der Waals surface area contributed by atoms with Crippen molar-refractivity contribution in [2.45, 2.75) is 44.1 Å². The van der Waals surface area contributed by atoms with Crippen LogP contribution >= 0.6 is 0 Å². The van der Waals surface area contributed by atoms with Gasteiger partial charge in [-0.15, -0.1) is 0 Å². The molecule has 3 aromatic rings. The maximum atomic E-state index is 13.0. The first-order valence-corrected chi connectivity index (χ1v) is 11.7. The van der Waals surface area contributed by atoms with Crippen LogP contribution in [0.3, 0.4) is 0 Å². The number of amides is 1. The van der Waals surface area contributed by atoms with Gasteiger partial charge in [0, 0.05) is 31.9 Å². The van der Waals surface area contributed by atoms with E-state index in [1.54, 1.807) is 23.2 Å². The van der Waals surface area contributed by atoms with Gasteiger partial charge in [0.2, 0.25) is 17.7 Å². The van der Waals surface area contributed by atoms with Crippen molar-refractivity contribution in [2.75, 3.05) is 28.2 Å². The van der Waals surface area contributed by atoms with Crippen LogP contribution in [0, 0.1) is 0 Å². The summed E-state index contributed by atoms with van der Waals surface area (Å²) in [6, 6.07) is 2.70. The minimum atomic E-state index is -4.63. The summed E-state index contributed by atoms with van der Waals surface area (Å²) in [6.07, 6.45) is 0.0976. The summed E-state index contributed by atoms with van der Waals surface area (Å²) in [6.45, 7) is 1.48. The monoisotopic (exact) mass is 514 g/mol. The van der Waals surface area contributed by atoms with E-state index in [0.717, 1.165) is 42.2 Å². The third-order valence-electron chi connectivity index (χ3n) is 6.51. The molecule has 0 aliphatic carbocycles. The molecule has 0 aromatic carbocycles. The van der Waals surface area contributed by atoms with Gasteiger partial charge in [-0.05, 0) is 24.8 Å². The number of anilines is 3. The molecule has 1 fully saturated rings. The lowest BCUT2D eigenvalue weighted by Gasteiger charge is -2.41. The summed E-state index contributed by atoms with van der Waals surface area (Å²) in [5.74, 6) is -0.0746. The summed E-state index contributed by atoms with van der Waals surface area (Å²) in [4.78, 5) is 36.6. The first-order chi connectivity index (χ1) is 17.8. The topological polar surface area (TPSA) is 129 Å². The lowest BCUT2D eigenvalue weighted by molar-refractivity contribution is -0.145. The molecule has 0 unspecified atom stereocenters. The van der Waals surface area contributed by atoms with Crippen molar-refractivity contribution in [3.05, 3.63) is 47.8 Å². The molecule has 3 aliphatic heterocycles. The van der Waals surface area contributed by atoms with Gasteiger partial charge in [-0.3, -0.25) is 4.79 Å². The normalized spacial score (nSPS) is 20.5. The number of pyridine rings is 1. The lowest BCUT2D eigenvalue weighted by Crippen LogP contribution is -2.56. The molecule has 0 bridgehead atoms. The molecule has 11 nitrogen and oxygen atoms in total. The average Bonchev–Trinajstić information content (AvgIpc) is 3.28. The maximum absolute atomic E-state index is 13.0. The smallest absolute Gasteiger partial charge is 0.436 e. The number of halogens is 3. The molecule has 0 saturated carbocycles. The molecule has 1 amide bonds. The molecule has 6 rings (SSSR count). The Hall–Kier alpha value is -4.07. The summed E-state index contributed by atoms with van der Waals surface area (Å²) in [5.41, 5.74) is 2.33. The first kappa shape index (κ1) is 23.3. The second kappa shape index (κ2) is 8.80. The number of aryl methyl sites for hydroxylation is 1. The van der Waals surface area contributed by atoms with Gasteiger partial charge < -0.3 is 25.0 Å². The fourth-order valence-electron chi connectivity index (χ4n) is 4.82. The van der Waals surface area contributed by atoms with Gasteiger partial charge in [0.15, 0.2) is 11.6 Å². The summed E-state index contributed by atoms with van der Waals surface area (Å²) < 4.78 is 43.2. The average molecular weight is 514 g/mol. The van der Waals surface area contributed by atoms with Crippen LogP contribution in [0.25, 0.3) is 0 Å². The molecule has 1 saturated heterocycles. The Bertz CT molecular complexity index is 1340. The van der Waals surface area contributed by atoms with Gasteiger partial charge in [-0.1, -0.05) is 6.07 Å². The Morgan fingerprint density at radius 3 is 2.65 bits per heavy atom. The number of nitrogens with one attached hydrogen (secondary N) is 1.